The first-order valence-electron chi connectivity index (χ1n) is 7.40. The van der Waals surface area contributed by atoms with Gasteiger partial charge in [0.2, 0.25) is 0 Å². The summed E-state index contributed by atoms with van der Waals surface area (Å²) in [7, 11) is 1.32. The lowest BCUT2D eigenvalue weighted by Gasteiger charge is -2.15. The Morgan fingerprint density at radius 2 is 1.91 bits per heavy atom. The molecule has 3 heterocycles. The van der Waals surface area contributed by atoms with Crippen molar-refractivity contribution >= 4 is 17.5 Å². The van der Waals surface area contributed by atoms with Gasteiger partial charge in [0.15, 0.2) is 5.65 Å². The standard InChI is InChI=1S/C16H19N3O3/c1-10-8-11(2)19-9-12(16(21)22-3)13(14(19)17-10)15(20)18-6-4-5-7-18/h8-9H,4-7H2,1-3H3. The van der Waals surface area contributed by atoms with Crippen LogP contribution in [0.2, 0.25) is 0 Å². The van der Waals surface area contributed by atoms with Crippen molar-refractivity contribution in [2.45, 2.75) is 26.7 Å². The molecule has 1 saturated heterocycles. The number of hydrogen-bond donors (Lipinski definition) is 0. The Labute approximate surface area is 128 Å². The van der Waals surface area contributed by atoms with Gasteiger partial charge in [-0.25, -0.2) is 9.78 Å². The first kappa shape index (κ1) is 14.6. The Balaban J connectivity index is 2.24. The van der Waals surface area contributed by atoms with Gasteiger partial charge in [-0.15, -0.1) is 0 Å². The summed E-state index contributed by atoms with van der Waals surface area (Å²) in [5.74, 6) is -0.650. The second-order valence-electron chi connectivity index (χ2n) is 5.64. The van der Waals surface area contributed by atoms with Crippen LogP contribution in [0.25, 0.3) is 5.65 Å². The predicted molar refractivity (Wildman–Crippen MR) is 81.1 cm³/mol. The van der Waals surface area contributed by atoms with E-state index in [0.717, 1.165) is 37.3 Å². The highest BCUT2D eigenvalue weighted by Gasteiger charge is 2.29. The van der Waals surface area contributed by atoms with Gasteiger partial charge < -0.3 is 14.0 Å². The average Bonchev–Trinajstić information content (AvgIpc) is 3.13. The number of likely N-dealkylation sites (tertiary alicyclic amines) is 1. The van der Waals surface area contributed by atoms with Gasteiger partial charge in [-0.3, -0.25) is 4.79 Å². The number of fused-ring (bicyclic) bond motifs is 1. The molecular weight excluding hydrogens is 282 g/mol. The molecule has 2 aromatic rings. The Hall–Kier alpha value is -2.37. The van der Waals surface area contributed by atoms with Gasteiger partial charge in [0.25, 0.3) is 5.91 Å². The summed E-state index contributed by atoms with van der Waals surface area (Å²) in [6.45, 7) is 5.25. The number of esters is 1. The number of carbonyl (C=O) groups excluding carboxylic acids is 2. The Bertz CT molecular complexity index is 758. The molecule has 1 fully saturated rings. The molecule has 0 bridgehead atoms. The van der Waals surface area contributed by atoms with Crippen LogP contribution in [-0.4, -0.2) is 46.4 Å². The van der Waals surface area contributed by atoms with Crippen LogP contribution in [0, 0.1) is 13.8 Å². The van der Waals surface area contributed by atoms with E-state index in [-0.39, 0.29) is 11.5 Å². The van der Waals surface area contributed by atoms with E-state index < -0.39 is 5.97 Å². The van der Waals surface area contributed by atoms with E-state index in [9.17, 15) is 9.59 Å². The molecule has 0 atom stereocenters. The number of ether oxygens (including phenoxy) is 1. The molecule has 0 saturated carbocycles. The fourth-order valence-electron chi connectivity index (χ4n) is 3.00. The number of methoxy groups -OCH3 is 1. The Morgan fingerprint density at radius 1 is 1.23 bits per heavy atom. The zero-order chi connectivity index (χ0) is 15.9. The van der Waals surface area contributed by atoms with E-state index in [1.54, 1.807) is 15.5 Å². The first-order valence-corrected chi connectivity index (χ1v) is 7.40. The third-order valence-electron chi connectivity index (χ3n) is 4.07. The summed E-state index contributed by atoms with van der Waals surface area (Å²) < 4.78 is 6.62. The van der Waals surface area contributed by atoms with Crippen molar-refractivity contribution in [3.63, 3.8) is 0 Å². The number of aromatic nitrogens is 2. The molecule has 3 rings (SSSR count). The lowest BCUT2D eigenvalue weighted by atomic mass is 10.1. The quantitative estimate of drug-likeness (QED) is 0.796. The number of carbonyl (C=O) groups is 2. The van der Waals surface area contributed by atoms with E-state index in [2.05, 4.69) is 4.98 Å². The van der Waals surface area contributed by atoms with Gasteiger partial charge in [-0.2, -0.15) is 0 Å². The summed E-state index contributed by atoms with van der Waals surface area (Å²) >= 11 is 0. The van der Waals surface area contributed by atoms with E-state index in [0.29, 0.717) is 11.2 Å². The molecular formula is C16H19N3O3. The fourth-order valence-corrected chi connectivity index (χ4v) is 3.00. The van der Waals surface area contributed by atoms with Crippen molar-refractivity contribution < 1.29 is 14.3 Å². The van der Waals surface area contributed by atoms with Gasteiger partial charge >= 0.3 is 5.97 Å². The third kappa shape index (κ3) is 2.24. The molecule has 116 valence electrons. The molecule has 0 spiro atoms. The fraction of sp³-hybridized carbons (Fsp3) is 0.438. The minimum atomic E-state index is -0.509. The summed E-state index contributed by atoms with van der Waals surface area (Å²) in [6.07, 6.45) is 3.64. The largest absolute Gasteiger partial charge is 0.465 e. The van der Waals surface area contributed by atoms with Crippen LogP contribution in [0.4, 0.5) is 0 Å². The molecule has 1 aliphatic rings. The minimum Gasteiger partial charge on any atom is -0.465 e. The summed E-state index contributed by atoms with van der Waals surface area (Å²) in [5, 5.41) is 0. The molecule has 0 aliphatic carbocycles. The molecule has 0 N–H and O–H groups in total. The van der Waals surface area contributed by atoms with Crippen molar-refractivity contribution in [3.8, 4) is 0 Å². The van der Waals surface area contributed by atoms with Gasteiger partial charge in [-0.05, 0) is 32.8 Å². The Morgan fingerprint density at radius 3 is 2.55 bits per heavy atom. The van der Waals surface area contributed by atoms with Gasteiger partial charge in [0.1, 0.15) is 0 Å². The number of nitrogens with zero attached hydrogens (tertiary/aromatic N) is 3. The van der Waals surface area contributed by atoms with Crippen molar-refractivity contribution in [1.29, 1.82) is 0 Å². The van der Waals surface area contributed by atoms with Crippen molar-refractivity contribution in [3.05, 3.63) is 34.8 Å². The molecule has 1 amide bonds. The third-order valence-corrected chi connectivity index (χ3v) is 4.07. The summed E-state index contributed by atoms with van der Waals surface area (Å²) in [4.78, 5) is 31.2. The highest BCUT2D eigenvalue weighted by Crippen LogP contribution is 2.24. The van der Waals surface area contributed by atoms with Crippen LogP contribution >= 0.6 is 0 Å². The van der Waals surface area contributed by atoms with E-state index >= 15 is 0 Å². The maximum Gasteiger partial charge on any atom is 0.340 e. The van der Waals surface area contributed by atoms with Gasteiger partial charge in [-0.1, -0.05) is 0 Å². The van der Waals surface area contributed by atoms with E-state index in [4.69, 9.17) is 4.74 Å². The number of aryl methyl sites for hydroxylation is 2. The maximum atomic E-state index is 12.9. The smallest absolute Gasteiger partial charge is 0.340 e. The minimum absolute atomic E-state index is 0.141. The lowest BCUT2D eigenvalue weighted by Crippen LogP contribution is -2.29. The normalized spacial score (nSPS) is 14.6. The zero-order valence-corrected chi connectivity index (χ0v) is 13.0. The van der Waals surface area contributed by atoms with E-state index in [1.165, 1.54) is 7.11 Å². The second-order valence-corrected chi connectivity index (χ2v) is 5.64. The molecule has 22 heavy (non-hydrogen) atoms. The molecule has 2 aromatic heterocycles. The lowest BCUT2D eigenvalue weighted by molar-refractivity contribution is 0.0592. The highest BCUT2D eigenvalue weighted by atomic mass is 16.5. The van der Waals surface area contributed by atoms with Crippen LogP contribution in [0.5, 0.6) is 0 Å². The van der Waals surface area contributed by atoms with Crippen LogP contribution in [-0.2, 0) is 4.74 Å². The van der Waals surface area contributed by atoms with Crippen LogP contribution in [0.15, 0.2) is 12.3 Å². The number of hydrogen-bond acceptors (Lipinski definition) is 4. The Kier molecular flexibility index (Phi) is 3.60. The molecule has 0 unspecified atom stereocenters. The number of rotatable bonds is 2. The van der Waals surface area contributed by atoms with Crippen LogP contribution in [0.3, 0.4) is 0 Å². The average molecular weight is 301 g/mol. The highest BCUT2D eigenvalue weighted by molar-refractivity contribution is 6.10. The monoisotopic (exact) mass is 301 g/mol. The molecule has 0 aromatic carbocycles. The molecule has 0 radical (unpaired) electrons. The second kappa shape index (κ2) is 5.44. The maximum absolute atomic E-state index is 12.9. The first-order chi connectivity index (χ1) is 10.5. The number of amides is 1. The molecule has 6 heteroatoms. The zero-order valence-electron chi connectivity index (χ0n) is 13.0. The SMILES string of the molecule is COC(=O)c1cn2c(C)cc(C)nc2c1C(=O)N1CCCC1. The van der Waals surface area contributed by atoms with E-state index in [1.807, 2.05) is 19.9 Å². The van der Waals surface area contributed by atoms with Gasteiger partial charge in [0, 0.05) is 30.7 Å². The molecule has 1 aliphatic heterocycles. The van der Waals surface area contributed by atoms with Crippen molar-refractivity contribution in [2.75, 3.05) is 20.2 Å². The summed E-state index contributed by atoms with van der Waals surface area (Å²) in [6, 6.07) is 1.91. The van der Waals surface area contributed by atoms with Crippen molar-refractivity contribution in [2.24, 2.45) is 0 Å². The summed E-state index contributed by atoms with van der Waals surface area (Å²) in [5.41, 5.74) is 2.89. The predicted octanol–water partition coefficient (Wildman–Crippen LogP) is 1.97. The topological polar surface area (TPSA) is 63.9 Å². The van der Waals surface area contributed by atoms with Crippen molar-refractivity contribution in [1.82, 2.24) is 14.3 Å². The van der Waals surface area contributed by atoms with Gasteiger partial charge in [0.05, 0.1) is 18.2 Å². The van der Waals surface area contributed by atoms with Crippen LogP contribution < -0.4 is 0 Å². The molecule has 6 nitrogen and oxygen atoms in total. The van der Waals surface area contributed by atoms with Crippen LogP contribution in [0.1, 0.15) is 44.9 Å².